The van der Waals surface area contributed by atoms with Crippen LogP contribution in [0.5, 0.6) is 0 Å². The third-order valence-corrected chi connectivity index (χ3v) is 3.64. The topological polar surface area (TPSA) is 42.7 Å². The zero-order valence-electron chi connectivity index (χ0n) is 9.75. The first-order valence-electron chi connectivity index (χ1n) is 5.63. The molecule has 2 aromatic heterocycles. The fourth-order valence-electron chi connectivity index (χ4n) is 1.76. The van der Waals surface area contributed by atoms with Gasteiger partial charge in [0, 0.05) is 12.4 Å². The van der Waals surface area contributed by atoms with E-state index in [-0.39, 0.29) is 12.4 Å². The molecular weight excluding hydrogens is 270 g/mol. The van der Waals surface area contributed by atoms with Gasteiger partial charge in [-0.1, -0.05) is 23.5 Å². The van der Waals surface area contributed by atoms with Gasteiger partial charge in [-0.3, -0.25) is 4.57 Å². The van der Waals surface area contributed by atoms with E-state index in [4.69, 9.17) is 0 Å². The van der Waals surface area contributed by atoms with Crippen molar-refractivity contribution in [1.29, 1.82) is 0 Å². The Morgan fingerprint density at radius 1 is 1.32 bits per heavy atom. The maximum atomic E-state index is 12.6. The minimum absolute atomic E-state index is 0.219. The highest BCUT2D eigenvalue weighted by Crippen LogP contribution is 2.25. The number of hydrogen-bond acceptors (Lipinski definition) is 4. The Morgan fingerprint density at radius 2 is 2.16 bits per heavy atom. The molecule has 0 bridgehead atoms. The summed E-state index contributed by atoms with van der Waals surface area (Å²) >= 11 is 1.49. The van der Waals surface area contributed by atoms with Crippen molar-refractivity contribution < 1.29 is 8.78 Å². The molecule has 3 aromatic rings. The van der Waals surface area contributed by atoms with Gasteiger partial charge in [-0.2, -0.15) is 8.78 Å². The minimum Gasteiger partial charge on any atom is -0.354 e. The van der Waals surface area contributed by atoms with Gasteiger partial charge in [-0.15, -0.1) is 0 Å². The van der Waals surface area contributed by atoms with E-state index in [0.29, 0.717) is 5.13 Å². The number of imidazole rings is 1. The van der Waals surface area contributed by atoms with Crippen LogP contribution in [0, 0.1) is 0 Å². The maximum absolute atomic E-state index is 12.6. The van der Waals surface area contributed by atoms with E-state index >= 15 is 0 Å². The van der Waals surface area contributed by atoms with Crippen LogP contribution in [0.4, 0.5) is 13.9 Å². The molecule has 98 valence electrons. The van der Waals surface area contributed by atoms with Crippen LogP contribution in [0.2, 0.25) is 0 Å². The Bertz CT molecular complexity index is 659. The SMILES string of the molecule is FC(F)n1ccnc1CNc1nc2ccccc2s1. The van der Waals surface area contributed by atoms with Crippen molar-refractivity contribution >= 4 is 26.7 Å². The fourth-order valence-corrected chi connectivity index (χ4v) is 2.62. The Hall–Kier alpha value is -2.02. The molecule has 3 rings (SSSR count). The quantitative estimate of drug-likeness (QED) is 0.795. The maximum Gasteiger partial charge on any atom is 0.319 e. The number of para-hydroxylation sites is 1. The summed E-state index contributed by atoms with van der Waals surface area (Å²) in [6.07, 6.45) is 2.63. The van der Waals surface area contributed by atoms with Crippen LogP contribution < -0.4 is 5.32 Å². The third kappa shape index (κ3) is 2.41. The highest BCUT2D eigenvalue weighted by molar-refractivity contribution is 7.22. The number of nitrogens with one attached hydrogen (secondary N) is 1. The molecule has 19 heavy (non-hydrogen) atoms. The van der Waals surface area contributed by atoms with Crippen molar-refractivity contribution in [2.75, 3.05) is 5.32 Å². The minimum atomic E-state index is -2.57. The summed E-state index contributed by atoms with van der Waals surface area (Å²) in [4.78, 5) is 8.27. The van der Waals surface area contributed by atoms with Gasteiger partial charge in [0.05, 0.1) is 16.8 Å². The second-order valence-electron chi connectivity index (χ2n) is 3.87. The van der Waals surface area contributed by atoms with Crippen molar-refractivity contribution in [3.63, 3.8) is 0 Å². The Labute approximate surface area is 111 Å². The predicted octanol–water partition coefficient (Wildman–Crippen LogP) is 3.50. The molecule has 4 nitrogen and oxygen atoms in total. The van der Waals surface area contributed by atoms with Crippen LogP contribution in [0.1, 0.15) is 12.4 Å². The van der Waals surface area contributed by atoms with Gasteiger partial charge in [0.1, 0.15) is 5.82 Å². The summed E-state index contributed by atoms with van der Waals surface area (Å²) in [5.41, 5.74) is 0.896. The third-order valence-electron chi connectivity index (χ3n) is 2.65. The van der Waals surface area contributed by atoms with Gasteiger partial charge in [0.2, 0.25) is 0 Å². The molecule has 1 N–H and O–H groups in total. The van der Waals surface area contributed by atoms with Gasteiger partial charge in [-0.25, -0.2) is 9.97 Å². The Kier molecular flexibility index (Phi) is 3.12. The molecule has 0 aliphatic heterocycles. The summed E-state index contributed by atoms with van der Waals surface area (Å²) in [6, 6.07) is 7.73. The lowest BCUT2D eigenvalue weighted by Gasteiger charge is -2.06. The lowest BCUT2D eigenvalue weighted by molar-refractivity contribution is 0.0673. The lowest BCUT2D eigenvalue weighted by Crippen LogP contribution is -2.08. The molecule has 0 atom stereocenters. The predicted molar refractivity (Wildman–Crippen MR) is 70.4 cm³/mol. The first kappa shape index (κ1) is 12.0. The monoisotopic (exact) mass is 280 g/mol. The lowest BCUT2D eigenvalue weighted by atomic mass is 10.3. The fraction of sp³-hybridized carbons (Fsp3) is 0.167. The van der Waals surface area contributed by atoms with E-state index in [9.17, 15) is 8.78 Å². The molecule has 0 aliphatic rings. The van der Waals surface area contributed by atoms with E-state index in [2.05, 4.69) is 15.3 Å². The first-order chi connectivity index (χ1) is 9.24. The average molecular weight is 280 g/mol. The zero-order valence-corrected chi connectivity index (χ0v) is 10.6. The molecule has 2 heterocycles. The van der Waals surface area contributed by atoms with Crippen LogP contribution in [-0.4, -0.2) is 14.5 Å². The number of alkyl halides is 2. The van der Waals surface area contributed by atoms with E-state index in [0.717, 1.165) is 14.8 Å². The summed E-state index contributed by atoms with van der Waals surface area (Å²) in [5, 5.41) is 3.72. The van der Waals surface area contributed by atoms with E-state index in [1.165, 1.54) is 23.7 Å². The number of halogens is 2. The summed E-state index contributed by atoms with van der Waals surface area (Å²) in [7, 11) is 0. The van der Waals surface area contributed by atoms with Crippen LogP contribution >= 0.6 is 11.3 Å². The highest BCUT2D eigenvalue weighted by Gasteiger charge is 2.11. The number of benzene rings is 1. The van der Waals surface area contributed by atoms with Crippen molar-refractivity contribution in [2.45, 2.75) is 13.1 Å². The van der Waals surface area contributed by atoms with Crippen molar-refractivity contribution in [1.82, 2.24) is 14.5 Å². The number of nitrogens with zero attached hydrogens (tertiary/aromatic N) is 3. The van der Waals surface area contributed by atoms with Crippen molar-refractivity contribution in [3.05, 3.63) is 42.5 Å². The molecule has 7 heteroatoms. The molecule has 0 radical (unpaired) electrons. The number of anilines is 1. The smallest absolute Gasteiger partial charge is 0.319 e. The normalized spacial score (nSPS) is 11.3. The molecule has 0 spiro atoms. The molecule has 0 saturated carbocycles. The highest BCUT2D eigenvalue weighted by atomic mass is 32.1. The summed E-state index contributed by atoms with van der Waals surface area (Å²) < 4.78 is 27.2. The van der Waals surface area contributed by atoms with Gasteiger partial charge >= 0.3 is 6.55 Å². The van der Waals surface area contributed by atoms with Gasteiger partial charge < -0.3 is 5.32 Å². The molecule has 0 amide bonds. The molecular formula is C12H10F2N4S. The summed E-state index contributed by atoms with van der Waals surface area (Å²) in [5.74, 6) is 0.286. The van der Waals surface area contributed by atoms with Crippen LogP contribution in [0.25, 0.3) is 10.2 Å². The van der Waals surface area contributed by atoms with Crippen molar-refractivity contribution in [3.8, 4) is 0 Å². The first-order valence-corrected chi connectivity index (χ1v) is 6.45. The number of aromatic nitrogens is 3. The largest absolute Gasteiger partial charge is 0.354 e. The van der Waals surface area contributed by atoms with Crippen LogP contribution in [0.15, 0.2) is 36.7 Å². The van der Waals surface area contributed by atoms with E-state index < -0.39 is 6.55 Å². The Balaban J connectivity index is 1.76. The molecule has 0 saturated heterocycles. The zero-order chi connectivity index (χ0) is 13.2. The Morgan fingerprint density at radius 3 is 2.95 bits per heavy atom. The average Bonchev–Trinajstić information content (AvgIpc) is 3.02. The molecule has 1 aromatic carbocycles. The van der Waals surface area contributed by atoms with Crippen molar-refractivity contribution in [2.24, 2.45) is 0 Å². The second-order valence-corrected chi connectivity index (χ2v) is 4.90. The van der Waals surface area contributed by atoms with Gasteiger partial charge in [0.15, 0.2) is 5.13 Å². The van der Waals surface area contributed by atoms with Crippen LogP contribution in [-0.2, 0) is 6.54 Å². The van der Waals surface area contributed by atoms with Gasteiger partial charge in [0.25, 0.3) is 0 Å². The van der Waals surface area contributed by atoms with E-state index in [1.807, 2.05) is 24.3 Å². The van der Waals surface area contributed by atoms with Crippen LogP contribution in [0.3, 0.4) is 0 Å². The number of fused-ring (bicyclic) bond motifs is 1. The number of hydrogen-bond donors (Lipinski definition) is 1. The number of thiazole rings is 1. The van der Waals surface area contributed by atoms with Gasteiger partial charge in [-0.05, 0) is 12.1 Å². The van der Waals surface area contributed by atoms with E-state index in [1.54, 1.807) is 0 Å². The molecule has 0 aliphatic carbocycles. The standard InChI is InChI=1S/C12H10F2N4S/c13-11(14)18-6-5-15-10(18)7-16-12-17-8-3-1-2-4-9(8)19-12/h1-6,11H,7H2,(H,16,17). The second kappa shape index (κ2) is 4.93. The number of rotatable bonds is 4. The molecule has 0 unspecified atom stereocenters. The summed E-state index contributed by atoms with van der Waals surface area (Å²) in [6.45, 7) is -2.35. The molecule has 0 fully saturated rings.